The monoisotopic (exact) mass is 255 g/mol. The number of rotatable bonds is 3. The van der Waals surface area contributed by atoms with E-state index < -0.39 is 0 Å². The van der Waals surface area contributed by atoms with Crippen molar-refractivity contribution in [1.29, 1.82) is 5.41 Å². The summed E-state index contributed by atoms with van der Waals surface area (Å²) < 4.78 is 0. The SMILES string of the molecule is C=C1C(=N)/C(=N\NCC(C)C)c2ccccc2C1=O. The maximum absolute atomic E-state index is 12.0. The first kappa shape index (κ1) is 13.2. The van der Waals surface area contributed by atoms with Gasteiger partial charge in [-0.25, -0.2) is 0 Å². The Labute approximate surface area is 112 Å². The molecule has 1 aromatic rings. The van der Waals surface area contributed by atoms with Crippen molar-refractivity contribution in [1.82, 2.24) is 5.43 Å². The van der Waals surface area contributed by atoms with Gasteiger partial charge in [-0.05, 0) is 5.92 Å². The van der Waals surface area contributed by atoms with Gasteiger partial charge < -0.3 is 5.43 Å². The van der Waals surface area contributed by atoms with Gasteiger partial charge in [0.05, 0.1) is 5.71 Å². The number of hydrazone groups is 1. The molecule has 0 radical (unpaired) electrons. The van der Waals surface area contributed by atoms with Crippen molar-refractivity contribution in [3.05, 3.63) is 47.5 Å². The number of nitrogens with one attached hydrogen (secondary N) is 2. The molecule has 1 aliphatic rings. The van der Waals surface area contributed by atoms with E-state index in [1.165, 1.54) is 0 Å². The van der Waals surface area contributed by atoms with Crippen molar-refractivity contribution >= 4 is 17.2 Å². The molecule has 1 aliphatic carbocycles. The zero-order valence-corrected chi connectivity index (χ0v) is 11.2. The van der Waals surface area contributed by atoms with Crippen molar-refractivity contribution < 1.29 is 4.79 Å². The second-order valence-electron chi connectivity index (χ2n) is 4.94. The molecule has 0 saturated carbocycles. The van der Waals surface area contributed by atoms with Crippen LogP contribution in [0.1, 0.15) is 29.8 Å². The molecule has 0 atom stereocenters. The van der Waals surface area contributed by atoms with Crippen LogP contribution < -0.4 is 5.43 Å². The van der Waals surface area contributed by atoms with Crippen molar-refractivity contribution in [2.75, 3.05) is 6.54 Å². The number of fused-ring (bicyclic) bond motifs is 1. The Hall–Kier alpha value is -2.23. The smallest absolute Gasteiger partial charge is 0.195 e. The fraction of sp³-hybridized carbons (Fsp3) is 0.267. The number of nitrogens with zero attached hydrogens (tertiary/aromatic N) is 1. The van der Waals surface area contributed by atoms with Crippen LogP contribution in [-0.2, 0) is 0 Å². The first-order chi connectivity index (χ1) is 9.02. The Morgan fingerprint density at radius 2 is 1.95 bits per heavy atom. The summed E-state index contributed by atoms with van der Waals surface area (Å²) in [5.41, 5.74) is 5.00. The van der Waals surface area contributed by atoms with E-state index in [4.69, 9.17) is 5.41 Å². The van der Waals surface area contributed by atoms with Crippen LogP contribution >= 0.6 is 0 Å². The molecule has 4 heteroatoms. The first-order valence-electron chi connectivity index (χ1n) is 6.25. The third kappa shape index (κ3) is 2.47. The van der Waals surface area contributed by atoms with Crippen LogP contribution in [0.25, 0.3) is 0 Å². The molecule has 4 nitrogen and oxygen atoms in total. The van der Waals surface area contributed by atoms with E-state index in [1.54, 1.807) is 12.1 Å². The Morgan fingerprint density at radius 1 is 1.32 bits per heavy atom. The number of benzene rings is 1. The summed E-state index contributed by atoms with van der Waals surface area (Å²) in [4.78, 5) is 12.0. The van der Waals surface area contributed by atoms with Crippen LogP contribution in [0.5, 0.6) is 0 Å². The maximum atomic E-state index is 12.0. The van der Waals surface area contributed by atoms with Gasteiger partial charge in [0.1, 0.15) is 5.71 Å². The van der Waals surface area contributed by atoms with Gasteiger partial charge in [0.15, 0.2) is 5.78 Å². The normalized spacial score (nSPS) is 17.0. The van der Waals surface area contributed by atoms with E-state index >= 15 is 0 Å². The van der Waals surface area contributed by atoms with E-state index in [9.17, 15) is 4.79 Å². The van der Waals surface area contributed by atoms with Crippen LogP contribution in [0, 0.1) is 11.3 Å². The van der Waals surface area contributed by atoms with Crippen molar-refractivity contribution in [3.8, 4) is 0 Å². The van der Waals surface area contributed by atoms with Gasteiger partial charge >= 0.3 is 0 Å². The van der Waals surface area contributed by atoms with Crippen LogP contribution in [0.2, 0.25) is 0 Å². The maximum Gasteiger partial charge on any atom is 0.195 e. The third-order valence-electron chi connectivity index (χ3n) is 2.93. The fourth-order valence-corrected chi connectivity index (χ4v) is 1.86. The van der Waals surface area contributed by atoms with E-state index in [2.05, 4.69) is 31.0 Å². The Bertz CT molecular complexity index is 585. The number of carbonyl (C=O) groups is 1. The highest BCUT2D eigenvalue weighted by Crippen LogP contribution is 2.22. The molecule has 0 heterocycles. The summed E-state index contributed by atoms with van der Waals surface area (Å²) in [6, 6.07) is 7.20. The molecule has 0 bridgehead atoms. The lowest BCUT2D eigenvalue weighted by Crippen LogP contribution is -2.31. The van der Waals surface area contributed by atoms with Crippen molar-refractivity contribution in [2.45, 2.75) is 13.8 Å². The van der Waals surface area contributed by atoms with E-state index in [0.717, 1.165) is 6.54 Å². The van der Waals surface area contributed by atoms with Crippen molar-refractivity contribution in [2.24, 2.45) is 11.0 Å². The van der Waals surface area contributed by atoms with Crippen LogP contribution in [0.4, 0.5) is 0 Å². The fourth-order valence-electron chi connectivity index (χ4n) is 1.86. The van der Waals surface area contributed by atoms with Gasteiger partial charge in [-0.1, -0.05) is 44.7 Å². The number of hydrogen-bond donors (Lipinski definition) is 2. The zero-order valence-electron chi connectivity index (χ0n) is 11.2. The summed E-state index contributed by atoms with van der Waals surface area (Å²) in [6.45, 7) is 8.57. The molecule has 1 aromatic carbocycles. The van der Waals surface area contributed by atoms with Gasteiger partial charge in [-0.15, -0.1) is 0 Å². The van der Waals surface area contributed by atoms with Crippen LogP contribution in [-0.4, -0.2) is 23.8 Å². The summed E-state index contributed by atoms with van der Waals surface area (Å²) in [7, 11) is 0. The number of ketones is 1. The van der Waals surface area contributed by atoms with Crippen molar-refractivity contribution in [3.63, 3.8) is 0 Å². The Morgan fingerprint density at radius 3 is 2.58 bits per heavy atom. The largest absolute Gasteiger partial charge is 0.309 e. The molecular formula is C15H17N3O. The molecule has 0 unspecified atom stereocenters. The molecule has 2 N–H and O–H groups in total. The molecule has 19 heavy (non-hydrogen) atoms. The highest BCUT2D eigenvalue weighted by Gasteiger charge is 2.29. The lowest BCUT2D eigenvalue weighted by molar-refractivity contribution is 0.104. The summed E-state index contributed by atoms with van der Waals surface area (Å²) >= 11 is 0. The lowest BCUT2D eigenvalue weighted by Gasteiger charge is -2.19. The van der Waals surface area contributed by atoms with E-state index in [0.29, 0.717) is 22.8 Å². The standard InChI is InChI=1S/C15H17N3O/c1-9(2)8-17-18-14-11-6-4-5-7-12(11)15(19)10(3)13(14)16/h4-7,9,16-17H,3,8H2,1-2H3/b16-13?,18-14-. The molecule has 0 fully saturated rings. The minimum absolute atomic E-state index is 0.0972. The summed E-state index contributed by atoms with van der Waals surface area (Å²) in [6.07, 6.45) is 0. The predicted octanol–water partition coefficient (Wildman–Crippen LogP) is 2.41. The van der Waals surface area contributed by atoms with E-state index in [1.807, 2.05) is 12.1 Å². The zero-order chi connectivity index (χ0) is 14.0. The topological polar surface area (TPSA) is 65.3 Å². The van der Waals surface area contributed by atoms with E-state index in [-0.39, 0.29) is 17.1 Å². The average molecular weight is 255 g/mol. The molecule has 0 aromatic heterocycles. The third-order valence-corrected chi connectivity index (χ3v) is 2.93. The molecular weight excluding hydrogens is 238 g/mol. The average Bonchev–Trinajstić information content (AvgIpc) is 2.40. The quantitative estimate of drug-likeness (QED) is 0.643. The van der Waals surface area contributed by atoms with Gasteiger partial charge in [-0.2, -0.15) is 5.10 Å². The second-order valence-corrected chi connectivity index (χ2v) is 4.94. The minimum atomic E-state index is -0.191. The molecule has 2 rings (SSSR count). The minimum Gasteiger partial charge on any atom is -0.309 e. The molecule has 0 aliphatic heterocycles. The van der Waals surface area contributed by atoms with Gasteiger partial charge in [-0.3, -0.25) is 10.2 Å². The summed E-state index contributed by atoms with van der Waals surface area (Å²) in [5.74, 6) is 0.269. The highest BCUT2D eigenvalue weighted by atomic mass is 16.1. The predicted molar refractivity (Wildman–Crippen MR) is 77.0 cm³/mol. The number of Topliss-reactive ketones (excluding diaryl/α,β-unsaturated/α-hetero) is 1. The number of allylic oxidation sites excluding steroid dienone is 1. The Kier molecular flexibility index (Phi) is 3.60. The van der Waals surface area contributed by atoms with Gasteiger partial charge in [0, 0.05) is 23.2 Å². The molecule has 0 saturated heterocycles. The molecule has 98 valence electrons. The molecule has 0 amide bonds. The first-order valence-corrected chi connectivity index (χ1v) is 6.25. The highest BCUT2D eigenvalue weighted by molar-refractivity contribution is 6.61. The van der Waals surface area contributed by atoms with Crippen LogP contribution in [0.15, 0.2) is 41.5 Å². The summed E-state index contributed by atoms with van der Waals surface area (Å²) in [5, 5.41) is 12.3. The van der Waals surface area contributed by atoms with Crippen LogP contribution in [0.3, 0.4) is 0 Å². The number of carbonyl (C=O) groups excluding carboxylic acids is 1. The van der Waals surface area contributed by atoms with Gasteiger partial charge in [0.2, 0.25) is 0 Å². The lowest BCUT2D eigenvalue weighted by atomic mass is 9.85. The molecule has 0 spiro atoms. The number of hydrogen-bond acceptors (Lipinski definition) is 4. The van der Waals surface area contributed by atoms with Gasteiger partial charge in [0.25, 0.3) is 0 Å². The Balaban J connectivity index is 2.42. The second kappa shape index (κ2) is 5.18.